The highest BCUT2D eigenvalue weighted by atomic mass is 32.2. The maximum atomic E-state index is 12.1. The number of nitrogens with one attached hydrogen (secondary N) is 3. The van der Waals surface area contributed by atoms with Gasteiger partial charge in [-0.15, -0.1) is 0 Å². The second-order valence-electron chi connectivity index (χ2n) is 3.96. The Morgan fingerprint density at radius 3 is 2.84 bits per heavy atom. The molecule has 8 heteroatoms. The molecule has 0 saturated carbocycles. The number of fused-ring (bicyclic) bond motifs is 1. The molecule has 19 heavy (non-hydrogen) atoms. The number of likely N-dealkylation sites (N-methyl/N-ethyl adjacent to an activating group) is 1. The van der Waals surface area contributed by atoms with Crippen LogP contribution in [0.2, 0.25) is 0 Å². The van der Waals surface area contributed by atoms with E-state index in [-0.39, 0.29) is 11.4 Å². The van der Waals surface area contributed by atoms with E-state index in [1.165, 1.54) is 13.2 Å². The predicted octanol–water partition coefficient (Wildman–Crippen LogP) is -0.226. The Bertz CT molecular complexity index is 721. The molecule has 1 aromatic carbocycles. The molecule has 0 spiro atoms. The van der Waals surface area contributed by atoms with Crippen molar-refractivity contribution in [2.75, 3.05) is 19.3 Å². The standard InChI is InChI=1S/C11H14N4O3S/c1-13-11(16)6-15-19(17,18)10-5-14-9-4-7(12)2-3-8(9)10/h2-5,14-15H,6,12H2,1H3,(H,13,16). The Balaban J connectivity index is 2.35. The fraction of sp³-hybridized carbons (Fsp3) is 0.182. The number of carbonyl (C=O) groups is 1. The van der Waals surface area contributed by atoms with Gasteiger partial charge in [0.25, 0.3) is 0 Å². The Morgan fingerprint density at radius 1 is 1.42 bits per heavy atom. The quantitative estimate of drug-likeness (QED) is 0.580. The van der Waals surface area contributed by atoms with Gasteiger partial charge >= 0.3 is 0 Å². The normalized spacial score (nSPS) is 11.6. The number of rotatable bonds is 4. The summed E-state index contributed by atoms with van der Waals surface area (Å²) in [6.45, 7) is -0.305. The number of nitrogens with two attached hydrogens (primary N) is 1. The van der Waals surface area contributed by atoms with Crippen molar-refractivity contribution in [3.63, 3.8) is 0 Å². The van der Waals surface area contributed by atoms with Crippen molar-refractivity contribution in [1.29, 1.82) is 0 Å². The minimum absolute atomic E-state index is 0.0893. The maximum absolute atomic E-state index is 12.1. The van der Waals surface area contributed by atoms with Crippen LogP contribution in [0.25, 0.3) is 10.9 Å². The first-order valence-corrected chi connectivity index (χ1v) is 6.99. The Labute approximate surface area is 110 Å². The van der Waals surface area contributed by atoms with Crippen LogP contribution >= 0.6 is 0 Å². The summed E-state index contributed by atoms with van der Waals surface area (Å²) < 4.78 is 26.4. The highest BCUT2D eigenvalue weighted by Gasteiger charge is 2.19. The van der Waals surface area contributed by atoms with Crippen molar-refractivity contribution < 1.29 is 13.2 Å². The summed E-state index contributed by atoms with van der Waals surface area (Å²) in [7, 11) is -2.31. The van der Waals surface area contributed by atoms with Crippen molar-refractivity contribution in [2.45, 2.75) is 4.90 Å². The number of carbonyl (C=O) groups excluding carboxylic acids is 1. The van der Waals surface area contributed by atoms with E-state index in [2.05, 4.69) is 15.0 Å². The molecule has 0 aliphatic rings. The summed E-state index contributed by atoms with van der Waals surface area (Å²) in [5.41, 5.74) is 6.78. The zero-order valence-corrected chi connectivity index (χ0v) is 11.0. The van der Waals surface area contributed by atoms with E-state index in [1.54, 1.807) is 18.2 Å². The van der Waals surface area contributed by atoms with Gasteiger partial charge in [-0.25, -0.2) is 13.1 Å². The molecular formula is C11H14N4O3S. The van der Waals surface area contributed by atoms with Crippen molar-refractivity contribution in [3.05, 3.63) is 24.4 Å². The number of H-pyrrole nitrogens is 1. The van der Waals surface area contributed by atoms with Gasteiger partial charge in [-0.3, -0.25) is 4.79 Å². The summed E-state index contributed by atoms with van der Waals surface area (Å²) in [5.74, 6) is -0.410. The molecule has 7 nitrogen and oxygen atoms in total. The molecule has 5 N–H and O–H groups in total. The van der Waals surface area contributed by atoms with Gasteiger partial charge in [0.1, 0.15) is 4.90 Å². The molecule has 102 valence electrons. The van der Waals surface area contributed by atoms with E-state index in [0.29, 0.717) is 16.6 Å². The Kier molecular flexibility index (Phi) is 3.45. The monoisotopic (exact) mass is 282 g/mol. The van der Waals surface area contributed by atoms with Crippen LogP contribution in [0, 0.1) is 0 Å². The zero-order valence-electron chi connectivity index (χ0n) is 10.2. The van der Waals surface area contributed by atoms with E-state index < -0.39 is 15.9 Å². The predicted molar refractivity (Wildman–Crippen MR) is 72.0 cm³/mol. The molecule has 0 fully saturated rings. The first kappa shape index (κ1) is 13.4. The Hall–Kier alpha value is -2.06. The molecule has 1 heterocycles. The molecule has 2 aromatic rings. The lowest BCUT2D eigenvalue weighted by atomic mass is 10.2. The number of aromatic amines is 1. The summed E-state index contributed by atoms with van der Waals surface area (Å²) in [6, 6.07) is 4.89. The largest absolute Gasteiger partial charge is 0.399 e. The molecule has 0 saturated heterocycles. The number of nitrogen functional groups attached to an aromatic ring is 1. The van der Waals surface area contributed by atoms with Crippen molar-refractivity contribution in [1.82, 2.24) is 15.0 Å². The first-order chi connectivity index (χ1) is 8.94. The number of aromatic nitrogens is 1. The van der Waals surface area contributed by atoms with Gasteiger partial charge in [0.05, 0.1) is 6.54 Å². The maximum Gasteiger partial charge on any atom is 0.243 e. The van der Waals surface area contributed by atoms with Gasteiger partial charge in [-0.1, -0.05) is 0 Å². The summed E-state index contributed by atoms with van der Waals surface area (Å²) in [5, 5.41) is 2.86. The number of anilines is 1. The minimum Gasteiger partial charge on any atom is -0.399 e. The van der Waals surface area contributed by atoms with E-state index in [9.17, 15) is 13.2 Å². The summed E-state index contributed by atoms with van der Waals surface area (Å²) in [6.07, 6.45) is 1.37. The summed E-state index contributed by atoms with van der Waals surface area (Å²) >= 11 is 0. The zero-order chi connectivity index (χ0) is 14.0. The van der Waals surface area contributed by atoms with Gasteiger partial charge in [-0.2, -0.15) is 0 Å². The van der Waals surface area contributed by atoms with E-state index in [1.807, 2.05) is 0 Å². The molecular weight excluding hydrogens is 268 g/mol. The SMILES string of the molecule is CNC(=O)CNS(=O)(=O)c1c[nH]c2cc(N)ccc12. The average Bonchev–Trinajstić information content (AvgIpc) is 2.79. The molecule has 0 unspecified atom stereocenters. The number of sulfonamides is 1. The third-order valence-corrected chi connectivity index (χ3v) is 4.10. The van der Waals surface area contributed by atoms with Gasteiger partial charge in [0.2, 0.25) is 15.9 Å². The highest BCUT2D eigenvalue weighted by Crippen LogP contribution is 2.24. The Morgan fingerprint density at radius 2 is 2.16 bits per heavy atom. The number of benzene rings is 1. The second-order valence-corrected chi connectivity index (χ2v) is 5.69. The first-order valence-electron chi connectivity index (χ1n) is 5.51. The molecule has 0 radical (unpaired) electrons. The molecule has 0 aliphatic heterocycles. The number of hydrogen-bond donors (Lipinski definition) is 4. The topological polar surface area (TPSA) is 117 Å². The number of hydrogen-bond acceptors (Lipinski definition) is 4. The van der Waals surface area contributed by atoms with Crippen molar-refractivity contribution in [3.8, 4) is 0 Å². The molecule has 0 bridgehead atoms. The van der Waals surface area contributed by atoms with Crippen LogP contribution in [0.5, 0.6) is 0 Å². The van der Waals surface area contributed by atoms with Crippen LogP contribution < -0.4 is 15.8 Å². The van der Waals surface area contributed by atoms with Gasteiger partial charge in [0.15, 0.2) is 0 Å². The van der Waals surface area contributed by atoms with Crippen LogP contribution in [-0.2, 0) is 14.8 Å². The van der Waals surface area contributed by atoms with Crippen LogP contribution in [-0.4, -0.2) is 32.9 Å². The lowest BCUT2D eigenvalue weighted by Gasteiger charge is -2.04. The van der Waals surface area contributed by atoms with E-state index in [0.717, 1.165) is 0 Å². The molecule has 0 aliphatic carbocycles. The van der Waals surface area contributed by atoms with E-state index >= 15 is 0 Å². The third kappa shape index (κ3) is 2.69. The lowest BCUT2D eigenvalue weighted by Crippen LogP contribution is -2.35. The molecule has 1 aromatic heterocycles. The van der Waals surface area contributed by atoms with E-state index in [4.69, 9.17) is 5.73 Å². The fourth-order valence-electron chi connectivity index (χ4n) is 1.67. The summed E-state index contributed by atoms with van der Waals surface area (Å²) in [4.78, 5) is 14.0. The van der Waals surface area contributed by atoms with Crippen LogP contribution in [0.3, 0.4) is 0 Å². The molecule has 2 rings (SSSR count). The van der Waals surface area contributed by atoms with Crippen molar-refractivity contribution in [2.24, 2.45) is 0 Å². The molecule has 0 atom stereocenters. The van der Waals surface area contributed by atoms with Crippen molar-refractivity contribution >= 4 is 32.5 Å². The third-order valence-electron chi connectivity index (χ3n) is 2.66. The second kappa shape index (κ2) is 4.90. The van der Waals surface area contributed by atoms with Crippen LogP contribution in [0.1, 0.15) is 0 Å². The van der Waals surface area contributed by atoms with Crippen LogP contribution in [0.15, 0.2) is 29.3 Å². The minimum atomic E-state index is -3.74. The van der Waals surface area contributed by atoms with Gasteiger partial charge in [0, 0.05) is 29.8 Å². The average molecular weight is 282 g/mol. The number of amides is 1. The smallest absolute Gasteiger partial charge is 0.243 e. The van der Waals surface area contributed by atoms with Gasteiger partial charge in [-0.05, 0) is 18.2 Å². The lowest BCUT2D eigenvalue weighted by molar-refractivity contribution is -0.119. The van der Waals surface area contributed by atoms with Crippen LogP contribution in [0.4, 0.5) is 5.69 Å². The fourth-order valence-corrected chi connectivity index (χ4v) is 2.82. The highest BCUT2D eigenvalue weighted by molar-refractivity contribution is 7.89. The molecule has 1 amide bonds. The van der Waals surface area contributed by atoms with Gasteiger partial charge < -0.3 is 16.0 Å².